The number of urea groups is 1. The van der Waals surface area contributed by atoms with E-state index in [2.05, 4.69) is 0 Å². The number of anilines is 1. The Labute approximate surface area is 239 Å². The molecule has 2 saturated carbocycles. The van der Waals surface area contributed by atoms with Gasteiger partial charge in [-0.15, -0.1) is 0 Å². The van der Waals surface area contributed by atoms with Crippen LogP contribution >= 0.6 is 0 Å². The van der Waals surface area contributed by atoms with E-state index >= 15 is 0 Å². The molecule has 212 valence electrons. The minimum atomic E-state index is -1.04. The number of carbonyl (C=O) groups is 2. The summed E-state index contributed by atoms with van der Waals surface area (Å²) < 4.78 is 13.2. The lowest BCUT2D eigenvalue weighted by Crippen LogP contribution is -2.40. The van der Waals surface area contributed by atoms with Crippen LogP contribution in [-0.4, -0.2) is 60.4 Å². The Morgan fingerprint density at radius 2 is 1.68 bits per heavy atom. The molecule has 4 aromatic rings. The second kappa shape index (κ2) is 10.8. The van der Waals surface area contributed by atoms with Crippen LogP contribution in [0, 0.1) is 5.92 Å². The number of rotatable bonds is 10. The molecule has 0 saturated heterocycles. The van der Waals surface area contributed by atoms with Crippen molar-refractivity contribution < 1.29 is 24.2 Å². The van der Waals surface area contributed by atoms with E-state index in [0.717, 1.165) is 35.1 Å². The summed E-state index contributed by atoms with van der Waals surface area (Å²) >= 11 is 0. The van der Waals surface area contributed by atoms with Gasteiger partial charge in [0.2, 0.25) is 0 Å². The van der Waals surface area contributed by atoms with Gasteiger partial charge in [-0.25, -0.2) is 9.59 Å². The van der Waals surface area contributed by atoms with Crippen LogP contribution in [0.2, 0.25) is 0 Å². The Morgan fingerprint density at radius 1 is 0.951 bits per heavy atom. The minimum absolute atomic E-state index is 0.121. The molecule has 2 aliphatic carbocycles. The normalized spacial score (nSPS) is 14.6. The van der Waals surface area contributed by atoms with Crippen LogP contribution in [-0.2, 0) is 6.54 Å². The number of ether oxygens (including phenoxy) is 2. The number of carboxylic acids is 1. The lowest BCUT2D eigenvalue weighted by Gasteiger charge is -2.26. The van der Waals surface area contributed by atoms with Gasteiger partial charge in [-0.2, -0.15) is 0 Å². The SMILES string of the molecule is COc1cccc(Cn2c(C(=O)O)c(-c3ccc(OCC4CC4)cc3)c3cccc(N(C)C(=O)N(C)C4CC4)c32)c1. The summed E-state index contributed by atoms with van der Waals surface area (Å²) in [6.07, 6.45) is 4.42. The zero-order valence-electron chi connectivity index (χ0n) is 23.7. The number of methoxy groups -OCH3 is 1. The molecular weight excluding hydrogens is 518 g/mol. The van der Waals surface area contributed by atoms with Gasteiger partial charge in [-0.3, -0.25) is 4.90 Å². The molecule has 0 radical (unpaired) electrons. The smallest absolute Gasteiger partial charge is 0.353 e. The number of aromatic carboxylic acids is 1. The van der Waals surface area contributed by atoms with Gasteiger partial charge in [0, 0.05) is 37.6 Å². The summed E-state index contributed by atoms with van der Waals surface area (Å²) in [5.41, 5.74) is 3.79. The van der Waals surface area contributed by atoms with Crippen molar-refractivity contribution in [2.45, 2.75) is 38.3 Å². The van der Waals surface area contributed by atoms with Gasteiger partial charge in [-0.1, -0.05) is 36.4 Å². The molecule has 2 aliphatic rings. The van der Waals surface area contributed by atoms with Crippen molar-refractivity contribution in [1.82, 2.24) is 9.47 Å². The van der Waals surface area contributed by atoms with E-state index in [1.807, 2.05) is 78.3 Å². The molecule has 3 aromatic carbocycles. The van der Waals surface area contributed by atoms with Gasteiger partial charge in [0.15, 0.2) is 0 Å². The first-order valence-corrected chi connectivity index (χ1v) is 14.1. The summed E-state index contributed by atoms with van der Waals surface area (Å²) in [6, 6.07) is 21.1. The van der Waals surface area contributed by atoms with Crippen LogP contribution in [0.5, 0.6) is 11.5 Å². The van der Waals surface area contributed by atoms with Crippen molar-refractivity contribution in [3.63, 3.8) is 0 Å². The fourth-order valence-electron chi connectivity index (χ4n) is 5.46. The topological polar surface area (TPSA) is 84.2 Å². The average Bonchev–Trinajstić information content (AvgIpc) is 3.93. The molecule has 0 aliphatic heterocycles. The van der Waals surface area contributed by atoms with Crippen LogP contribution in [0.15, 0.2) is 66.7 Å². The summed E-state index contributed by atoms with van der Waals surface area (Å²) in [5, 5.41) is 11.4. The predicted molar refractivity (Wildman–Crippen MR) is 159 cm³/mol. The summed E-state index contributed by atoms with van der Waals surface area (Å²) in [7, 11) is 5.19. The maximum absolute atomic E-state index is 13.5. The van der Waals surface area contributed by atoms with Crippen LogP contribution in [0.1, 0.15) is 41.7 Å². The van der Waals surface area contributed by atoms with Crippen LogP contribution in [0.25, 0.3) is 22.0 Å². The van der Waals surface area contributed by atoms with Crippen LogP contribution in [0.3, 0.4) is 0 Å². The number of fused-ring (bicyclic) bond motifs is 1. The lowest BCUT2D eigenvalue weighted by molar-refractivity contribution is 0.0687. The quantitative estimate of drug-likeness (QED) is 0.242. The Kier molecular flexibility index (Phi) is 7.07. The van der Waals surface area contributed by atoms with Gasteiger partial charge in [-0.05, 0) is 73.1 Å². The second-order valence-electron chi connectivity index (χ2n) is 11.1. The highest BCUT2D eigenvalue weighted by Gasteiger charge is 2.33. The Bertz CT molecular complexity index is 1600. The van der Waals surface area contributed by atoms with E-state index in [1.165, 1.54) is 12.8 Å². The van der Waals surface area contributed by atoms with Crippen LogP contribution in [0.4, 0.5) is 10.5 Å². The number of hydrogen-bond acceptors (Lipinski definition) is 4. The van der Waals surface area contributed by atoms with Crippen molar-refractivity contribution in [1.29, 1.82) is 0 Å². The number of aromatic nitrogens is 1. The number of carboxylic acid groups (broad SMARTS) is 1. The van der Waals surface area contributed by atoms with Crippen LogP contribution < -0.4 is 14.4 Å². The van der Waals surface area contributed by atoms with Gasteiger partial charge in [0.25, 0.3) is 0 Å². The summed E-state index contributed by atoms with van der Waals surface area (Å²) in [4.78, 5) is 29.9. The number of amides is 2. The third-order valence-corrected chi connectivity index (χ3v) is 8.11. The van der Waals surface area contributed by atoms with Gasteiger partial charge < -0.3 is 24.0 Å². The van der Waals surface area contributed by atoms with Crippen molar-refractivity contribution >= 4 is 28.6 Å². The largest absolute Gasteiger partial charge is 0.497 e. The molecule has 1 aromatic heterocycles. The van der Waals surface area contributed by atoms with Crippen molar-refractivity contribution in [2.75, 3.05) is 32.7 Å². The van der Waals surface area contributed by atoms with Crippen molar-refractivity contribution in [3.8, 4) is 22.6 Å². The number of para-hydroxylation sites is 1. The highest BCUT2D eigenvalue weighted by molar-refractivity contribution is 6.13. The first-order chi connectivity index (χ1) is 19.9. The third-order valence-electron chi connectivity index (χ3n) is 8.11. The summed E-state index contributed by atoms with van der Waals surface area (Å²) in [6.45, 7) is 0.994. The van der Waals surface area contributed by atoms with Gasteiger partial charge in [0.1, 0.15) is 17.2 Å². The molecule has 41 heavy (non-hydrogen) atoms. The molecular formula is C33H35N3O5. The molecule has 6 rings (SSSR count). The monoisotopic (exact) mass is 553 g/mol. The molecule has 1 heterocycles. The molecule has 2 amide bonds. The number of nitrogens with zero attached hydrogens (tertiary/aromatic N) is 3. The second-order valence-corrected chi connectivity index (χ2v) is 11.1. The summed E-state index contributed by atoms with van der Waals surface area (Å²) in [5.74, 6) is 1.06. The molecule has 8 heteroatoms. The molecule has 0 spiro atoms. The molecule has 8 nitrogen and oxygen atoms in total. The fraction of sp³-hybridized carbons (Fsp3) is 0.333. The number of carbonyl (C=O) groups excluding carboxylic acids is 1. The highest BCUT2D eigenvalue weighted by Crippen LogP contribution is 2.41. The van der Waals surface area contributed by atoms with E-state index in [1.54, 1.807) is 24.0 Å². The van der Waals surface area contributed by atoms with E-state index in [-0.39, 0.29) is 24.3 Å². The van der Waals surface area contributed by atoms with Gasteiger partial charge >= 0.3 is 12.0 Å². The number of benzene rings is 3. The van der Waals surface area contributed by atoms with E-state index in [9.17, 15) is 14.7 Å². The van der Waals surface area contributed by atoms with Crippen molar-refractivity contribution in [3.05, 3.63) is 78.0 Å². The first kappa shape index (κ1) is 26.7. The maximum Gasteiger partial charge on any atom is 0.353 e. The molecule has 1 N–H and O–H groups in total. The number of hydrogen-bond donors (Lipinski definition) is 1. The third kappa shape index (κ3) is 5.34. The minimum Gasteiger partial charge on any atom is -0.497 e. The molecule has 2 fully saturated rings. The Morgan fingerprint density at radius 3 is 2.34 bits per heavy atom. The average molecular weight is 554 g/mol. The zero-order valence-corrected chi connectivity index (χ0v) is 23.7. The first-order valence-electron chi connectivity index (χ1n) is 14.1. The zero-order chi connectivity index (χ0) is 28.7. The predicted octanol–water partition coefficient (Wildman–Crippen LogP) is 6.50. The van der Waals surface area contributed by atoms with Crippen molar-refractivity contribution in [2.24, 2.45) is 5.92 Å². The van der Waals surface area contributed by atoms with Gasteiger partial charge in [0.05, 0.1) is 24.9 Å². The van der Waals surface area contributed by atoms with E-state index in [0.29, 0.717) is 35.0 Å². The van der Waals surface area contributed by atoms with E-state index in [4.69, 9.17) is 9.47 Å². The maximum atomic E-state index is 13.5. The molecule has 0 atom stereocenters. The highest BCUT2D eigenvalue weighted by atomic mass is 16.5. The standard InChI is InChI=1S/C33H35N3O5/c1-34(24-14-15-24)33(39)35(2)28-9-5-8-27-29(23-12-16-25(17-13-23)41-20-21-10-11-21)31(32(37)38)36(30(27)28)19-22-6-4-7-26(18-22)40-3/h4-9,12-13,16-18,21,24H,10-11,14-15,19-20H2,1-3H3,(H,37,38). The Balaban J connectivity index is 1.51. The molecule has 0 bridgehead atoms. The van der Waals surface area contributed by atoms with E-state index < -0.39 is 5.97 Å². The lowest BCUT2D eigenvalue weighted by atomic mass is 10.0. The fourth-order valence-corrected chi connectivity index (χ4v) is 5.46. The molecule has 0 unspecified atom stereocenters. The Hall–Kier alpha value is -4.46.